The largest absolute Gasteiger partial charge is 0.485 e. The summed E-state index contributed by atoms with van der Waals surface area (Å²) in [5, 5.41) is 7.24. The third-order valence-electron chi connectivity index (χ3n) is 3.29. The third-order valence-corrected chi connectivity index (χ3v) is 3.29. The summed E-state index contributed by atoms with van der Waals surface area (Å²) in [4.78, 5) is 4.14. The molecule has 0 bridgehead atoms. The molecule has 0 radical (unpaired) electrons. The maximum Gasteiger partial charge on any atom is 0.164 e. The first-order chi connectivity index (χ1) is 9.11. The summed E-state index contributed by atoms with van der Waals surface area (Å²) >= 11 is 0. The number of rotatable bonds is 5. The van der Waals surface area contributed by atoms with Crippen LogP contribution in [0.15, 0.2) is 24.5 Å². The molecule has 1 unspecified atom stereocenters. The fourth-order valence-corrected chi connectivity index (χ4v) is 1.86. The molecule has 102 valence electrons. The lowest BCUT2D eigenvalue weighted by Gasteiger charge is -2.14. The Hall–Kier alpha value is -1.88. The number of aromatic nitrogens is 3. The van der Waals surface area contributed by atoms with E-state index in [-0.39, 0.29) is 0 Å². The van der Waals surface area contributed by atoms with Gasteiger partial charge in [0.1, 0.15) is 18.7 Å². The number of nitrogens with zero attached hydrogens (tertiary/aromatic N) is 3. The van der Waals surface area contributed by atoms with Gasteiger partial charge in [-0.2, -0.15) is 5.10 Å². The first kappa shape index (κ1) is 13.5. The molecule has 5 nitrogen and oxygen atoms in total. The van der Waals surface area contributed by atoms with E-state index in [9.17, 15) is 0 Å². The highest BCUT2D eigenvalue weighted by Crippen LogP contribution is 2.23. The zero-order valence-corrected chi connectivity index (χ0v) is 11.8. The maximum atomic E-state index is 5.79. The van der Waals surface area contributed by atoms with Crippen molar-refractivity contribution in [1.82, 2.24) is 20.1 Å². The maximum absolute atomic E-state index is 5.79. The third kappa shape index (κ3) is 3.12. The number of benzene rings is 1. The minimum atomic E-state index is 0.339. The summed E-state index contributed by atoms with van der Waals surface area (Å²) in [5.74, 6) is 1.70. The highest BCUT2D eigenvalue weighted by molar-refractivity contribution is 5.37. The van der Waals surface area contributed by atoms with Gasteiger partial charge in [0.05, 0.1) is 0 Å². The van der Waals surface area contributed by atoms with Crippen molar-refractivity contribution in [2.75, 3.05) is 7.05 Å². The lowest BCUT2D eigenvalue weighted by atomic mass is 10.1. The Kier molecular flexibility index (Phi) is 4.16. The quantitative estimate of drug-likeness (QED) is 0.893. The fourth-order valence-electron chi connectivity index (χ4n) is 1.86. The standard InChI is InChI=1S/C14H20N4O/c1-10-7-12(11(2)15-3)5-6-13(10)19-8-14-16-9-17-18(14)4/h5-7,9,11,15H,8H2,1-4H3. The van der Waals surface area contributed by atoms with E-state index in [1.165, 1.54) is 11.9 Å². The molecule has 0 aliphatic rings. The summed E-state index contributed by atoms with van der Waals surface area (Å²) in [7, 11) is 3.81. The Labute approximate surface area is 113 Å². The predicted octanol–water partition coefficient (Wildman–Crippen LogP) is 1.98. The van der Waals surface area contributed by atoms with Gasteiger partial charge >= 0.3 is 0 Å². The molecular formula is C14H20N4O. The monoisotopic (exact) mass is 260 g/mol. The van der Waals surface area contributed by atoms with Gasteiger partial charge in [-0.15, -0.1) is 0 Å². The normalized spacial score (nSPS) is 12.4. The minimum absolute atomic E-state index is 0.339. The van der Waals surface area contributed by atoms with E-state index in [4.69, 9.17) is 4.74 Å². The van der Waals surface area contributed by atoms with E-state index in [0.717, 1.165) is 17.1 Å². The summed E-state index contributed by atoms with van der Waals surface area (Å²) in [6, 6.07) is 6.58. The van der Waals surface area contributed by atoms with Crippen LogP contribution < -0.4 is 10.1 Å². The summed E-state index contributed by atoms with van der Waals surface area (Å²) < 4.78 is 7.50. The average molecular weight is 260 g/mol. The van der Waals surface area contributed by atoms with E-state index in [1.54, 1.807) is 4.68 Å². The van der Waals surface area contributed by atoms with Crippen LogP contribution in [0.2, 0.25) is 0 Å². The Bertz CT molecular complexity index is 550. The van der Waals surface area contributed by atoms with E-state index >= 15 is 0 Å². The van der Waals surface area contributed by atoms with Crippen LogP contribution in [0.4, 0.5) is 0 Å². The van der Waals surface area contributed by atoms with Gasteiger partial charge in [-0.3, -0.25) is 4.68 Å². The number of aryl methyl sites for hydroxylation is 2. The number of nitrogens with one attached hydrogen (secondary N) is 1. The van der Waals surface area contributed by atoms with Crippen molar-refractivity contribution in [3.05, 3.63) is 41.5 Å². The van der Waals surface area contributed by atoms with Gasteiger partial charge in [-0.1, -0.05) is 12.1 Å². The van der Waals surface area contributed by atoms with Gasteiger partial charge in [0.25, 0.3) is 0 Å². The van der Waals surface area contributed by atoms with Crippen LogP contribution in [0.5, 0.6) is 5.75 Å². The summed E-state index contributed by atoms with van der Waals surface area (Å²) in [5.41, 5.74) is 2.38. The fraction of sp³-hybridized carbons (Fsp3) is 0.429. The zero-order valence-electron chi connectivity index (χ0n) is 11.8. The molecule has 0 amide bonds. The highest BCUT2D eigenvalue weighted by atomic mass is 16.5. The van der Waals surface area contributed by atoms with Crippen LogP contribution in [0.1, 0.15) is 29.9 Å². The van der Waals surface area contributed by atoms with Crippen LogP contribution in [0.3, 0.4) is 0 Å². The average Bonchev–Trinajstić information content (AvgIpc) is 2.82. The molecule has 2 rings (SSSR count). The second kappa shape index (κ2) is 5.84. The molecule has 0 aliphatic carbocycles. The molecule has 0 spiro atoms. The van der Waals surface area contributed by atoms with Gasteiger partial charge in [0.15, 0.2) is 5.82 Å². The molecule has 1 aromatic carbocycles. The first-order valence-electron chi connectivity index (χ1n) is 6.35. The van der Waals surface area contributed by atoms with Crippen LogP contribution in [-0.4, -0.2) is 21.8 Å². The second-order valence-electron chi connectivity index (χ2n) is 4.62. The molecule has 1 atom stereocenters. The van der Waals surface area contributed by atoms with Crippen molar-refractivity contribution >= 4 is 0 Å². The predicted molar refractivity (Wildman–Crippen MR) is 74.0 cm³/mol. The Balaban J connectivity index is 2.07. The summed E-state index contributed by atoms with van der Waals surface area (Å²) in [6.45, 7) is 4.62. The molecule has 1 aromatic heterocycles. The van der Waals surface area contributed by atoms with E-state index in [2.05, 4.69) is 41.4 Å². The number of hydrogen-bond acceptors (Lipinski definition) is 4. The molecule has 0 aliphatic heterocycles. The van der Waals surface area contributed by atoms with Crippen molar-refractivity contribution in [2.24, 2.45) is 7.05 Å². The smallest absolute Gasteiger partial charge is 0.164 e. The first-order valence-corrected chi connectivity index (χ1v) is 6.35. The summed E-state index contributed by atoms with van der Waals surface area (Å²) in [6.07, 6.45) is 1.53. The molecule has 2 aromatic rings. The molecule has 0 saturated carbocycles. The molecular weight excluding hydrogens is 240 g/mol. The van der Waals surface area contributed by atoms with Gasteiger partial charge < -0.3 is 10.1 Å². The van der Waals surface area contributed by atoms with Crippen LogP contribution in [-0.2, 0) is 13.7 Å². The van der Waals surface area contributed by atoms with Crippen LogP contribution >= 0.6 is 0 Å². The van der Waals surface area contributed by atoms with Crippen LogP contribution in [0.25, 0.3) is 0 Å². The Morgan fingerprint density at radius 3 is 2.79 bits per heavy atom. The highest BCUT2D eigenvalue weighted by Gasteiger charge is 2.07. The molecule has 1 heterocycles. The molecule has 1 N–H and O–H groups in total. The number of hydrogen-bond donors (Lipinski definition) is 1. The van der Waals surface area contributed by atoms with Crippen LogP contribution in [0, 0.1) is 6.92 Å². The minimum Gasteiger partial charge on any atom is -0.485 e. The van der Waals surface area contributed by atoms with Crippen molar-refractivity contribution in [3.63, 3.8) is 0 Å². The SMILES string of the molecule is CNC(C)c1ccc(OCc2ncnn2C)c(C)c1. The lowest BCUT2D eigenvalue weighted by molar-refractivity contribution is 0.287. The Morgan fingerprint density at radius 2 is 2.21 bits per heavy atom. The van der Waals surface area contributed by atoms with Crippen molar-refractivity contribution in [3.8, 4) is 5.75 Å². The molecule has 5 heteroatoms. The van der Waals surface area contributed by atoms with Crippen molar-refractivity contribution in [1.29, 1.82) is 0 Å². The van der Waals surface area contributed by atoms with Crippen molar-refractivity contribution < 1.29 is 4.74 Å². The van der Waals surface area contributed by atoms with Crippen molar-refractivity contribution in [2.45, 2.75) is 26.5 Å². The van der Waals surface area contributed by atoms with E-state index in [1.807, 2.05) is 20.2 Å². The van der Waals surface area contributed by atoms with Gasteiger partial charge in [0, 0.05) is 13.1 Å². The number of ether oxygens (including phenoxy) is 1. The molecule has 19 heavy (non-hydrogen) atoms. The zero-order chi connectivity index (χ0) is 13.8. The van der Waals surface area contributed by atoms with Gasteiger partial charge in [-0.25, -0.2) is 4.98 Å². The van der Waals surface area contributed by atoms with Gasteiger partial charge in [0.2, 0.25) is 0 Å². The topological polar surface area (TPSA) is 52.0 Å². The molecule has 0 saturated heterocycles. The molecule has 0 fully saturated rings. The second-order valence-corrected chi connectivity index (χ2v) is 4.62. The van der Waals surface area contributed by atoms with Gasteiger partial charge in [-0.05, 0) is 38.1 Å². The van der Waals surface area contributed by atoms with E-state index < -0.39 is 0 Å². The Morgan fingerprint density at radius 1 is 1.42 bits per heavy atom. The lowest BCUT2D eigenvalue weighted by Crippen LogP contribution is -2.12. The van der Waals surface area contributed by atoms with E-state index in [0.29, 0.717) is 12.6 Å².